The summed E-state index contributed by atoms with van der Waals surface area (Å²) in [5.74, 6) is -1.22. The molecule has 128 valence electrons. The van der Waals surface area contributed by atoms with E-state index in [0.717, 1.165) is 0 Å². The Balaban J connectivity index is 1.99. The van der Waals surface area contributed by atoms with E-state index in [1.54, 1.807) is 30.3 Å². The molecule has 1 amide bonds. The zero-order chi connectivity index (χ0) is 18.1. The molecule has 25 heavy (non-hydrogen) atoms. The maximum absolute atomic E-state index is 12.6. The second kappa shape index (κ2) is 6.78. The predicted octanol–water partition coefficient (Wildman–Crippen LogP) is 4.19. The Morgan fingerprint density at radius 3 is 2.68 bits per heavy atom. The average molecular weight is 378 g/mol. The van der Waals surface area contributed by atoms with Crippen LogP contribution in [0.5, 0.6) is 0 Å². The van der Waals surface area contributed by atoms with Crippen molar-refractivity contribution in [1.82, 2.24) is 4.90 Å². The fraction of sp³-hybridized carbons (Fsp3) is 0.111. The lowest BCUT2D eigenvalue weighted by atomic mass is 9.96. The van der Waals surface area contributed by atoms with Crippen LogP contribution in [-0.2, 0) is 9.59 Å². The van der Waals surface area contributed by atoms with Crippen molar-refractivity contribution in [2.24, 2.45) is 0 Å². The molecule has 0 spiro atoms. The van der Waals surface area contributed by atoms with Gasteiger partial charge in [0.2, 0.25) is 0 Å². The summed E-state index contributed by atoms with van der Waals surface area (Å²) in [7, 11) is 1.50. The van der Waals surface area contributed by atoms with Gasteiger partial charge in [-0.15, -0.1) is 0 Å². The van der Waals surface area contributed by atoms with Gasteiger partial charge in [-0.25, -0.2) is 0 Å². The molecule has 2 heterocycles. The van der Waals surface area contributed by atoms with Gasteiger partial charge < -0.3 is 14.4 Å². The highest BCUT2D eigenvalue weighted by atomic mass is 35.5. The number of carbonyl (C=O) groups is 2. The third-order valence-electron chi connectivity index (χ3n) is 3.91. The number of carbonyl (C=O) groups excluding carboxylic acids is 2. The molecule has 1 unspecified atom stereocenters. The van der Waals surface area contributed by atoms with Gasteiger partial charge in [0.1, 0.15) is 5.76 Å². The zero-order valence-electron chi connectivity index (χ0n) is 13.1. The minimum absolute atomic E-state index is 0.0197. The number of nitrogens with zero attached hydrogens (tertiary/aromatic N) is 1. The van der Waals surface area contributed by atoms with Crippen LogP contribution in [0, 0.1) is 0 Å². The summed E-state index contributed by atoms with van der Waals surface area (Å²) in [6, 6.07) is 7.42. The molecule has 1 aliphatic heterocycles. The Hall–Kier alpha value is -2.50. The van der Waals surface area contributed by atoms with Crippen LogP contribution in [0.15, 0.2) is 58.4 Å². The molecule has 0 fully saturated rings. The number of benzene rings is 1. The first-order chi connectivity index (χ1) is 11.9. The van der Waals surface area contributed by atoms with Crippen LogP contribution in [0.4, 0.5) is 0 Å². The van der Waals surface area contributed by atoms with E-state index in [9.17, 15) is 14.7 Å². The molecule has 0 saturated heterocycles. The lowest BCUT2D eigenvalue weighted by Crippen LogP contribution is -2.26. The highest BCUT2D eigenvalue weighted by Gasteiger charge is 2.40. The van der Waals surface area contributed by atoms with Crippen LogP contribution in [-0.4, -0.2) is 28.7 Å². The number of amides is 1. The minimum Gasteiger partial charge on any atom is -0.503 e. The summed E-state index contributed by atoms with van der Waals surface area (Å²) in [5.41, 5.74) is 0.553. The van der Waals surface area contributed by atoms with Gasteiger partial charge in [0.25, 0.3) is 5.91 Å². The van der Waals surface area contributed by atoms with Crippen molar-refractivity contribution in [2.45, 2.75) is 6.04 Å². The zero-order valence-corrected chi connectivity index (χ0v) is 14.6. The first kappa shape index (κ1) is 17.3. The van der Waals surface area contributed by atoms with Crippen LogP contribution < -0.4 is 0 Å². The van der Waals surface area contributed by atoms with Crippen LogP contribution >= 0.6 is 23.2 Å². The van der Waals surface area contributed by atoms with Crippen molar-refractivity contribution >= 4 is 41.0 Å². The SMILES string of the molecule is CN1C(=O)C(O)=C(C(=O)/C=C/c2ccco2)C1c1ccc(Cl)c(Cl)c1. The Morgan fingerprint density at radius 1 is 1.28 bits per heavy atom. The normalized spacial score (nSPS) is 17.8. The molecule has 0 bridgehead atoms. The number of hydrogen-bond donors (Lipinski definition) is 1. The quantitative estimate of drug-likeness (QED) is 0.810. The van der Waals surface area contributed by atoms with E-state index in [1.807, 2.05) is 0 Å². The van der Waals surface area contributed by atoms with Crippen molar-refractivity contribution in [3.05, 3.63) is 75.4 Å². The number of rotatable bonds is 4. The van der Waals surface area contributed by atoms with Crippen LogP contribution in [0.1, 0.15) is 17.4 Å². The van der Waals surface area contributed by atoms with Gasteiger partial charge >= 0.3 is 0 Å². The fourth-order valence-electron chi connectivity index (χ4n) is 2.68. The fourth-order valence-corrected chi connectivity index (χ4v) is 2.99. The number of hydrogen-bond acceptors (Lipinski definition) is 4. The Bertz CT molecular complexity index is 900. The maximum Gasteiger partial charge on any atom is 0.289 e. The maximum atomic E-state index is 12.6. The van der Waals surface area contributed by atoms with Crippen LogP contribution in [0.2, 0.25) is 10.0 Å². The number of ketones is 1. The monoisotopic (exact) mass is 377 g/mol. The first-order valence-corrected chi connectivity index (χ1v) is 8.07. The summed E-state index contributed by atoms with van der Waals surface area (Å²) < 4.78 is 5.13. The minimum atomic E-state index is -0.754. The van der Waals surface area contributed by atoms with Crippen LogP contribution in [0.25, 0.3) is 6.08 Å². The number of aliphatic hydroxyl groups is 1. The van der Waals surface area contributed by atoms with Gasteiger partial charge in [-0.2, -0.15) is 0 Å². The average Bonchev–Trinajstić information content (AvgIpc) is 3.18. The van der Waals surface area contributed by atoms with Gasteiger partial charge in [0.05, 0.1) is 27.9 Å². The van der Waals surface area contributed by atoms with E-state index < -0.39 is 23.5 Å². The molecule has 1 N–H and O–H groups in total. The van der Waals surface area contributed by atoms with Crippen molar-refractivity contribution in [3.63, 3.8) is 0 Å². The van der Waals surface area contributed by atoms with Crippen molar-refractivity contribution in [2.75, 3.05) is 7.05 Å². The van der Waals surface area contributed by atoms with Gasteiger partial charge in [-0.3, -0.25) is 9.59 Å². The summed E-state index contributed by atoms with van der Waals surface area (Å²) in [6.07, 6.45) is 4.20. The van der Waals surface area contributed by atoms with Gasteiger partial charge in [0.15, 0.2) is 11.5 Å². The van der Waals surface area contributed by atoms with Gasteiger partial charge in [-0.05, 0) is 42.0 Å². The van der Waals surface area contributed by atoms with Crippen molar-refractivity contribution < 1.29 is 19.1 Å². The molecule has 0 saturated carbocycles. The van der Waals surface area contributed by atoms with Gasteiger partial charge in [0, 0.05) is 7.05 Å². The van der Waals surface area contributed by atoms with E-state index in [4.69, 9.17) is 27.6 Å². The summed E-state index contributed by atoms with van der Waals surface area (Å²) in [4.78, 5) is 26.0. The highest BCUT2D eigenvalue weighted by molar-refractivity contribution is 6.42. The summed E-state index contributed by atoms with van der Waals surface area (Å²) in [6.45, 7) is 0. The smallest absolute Gasteiger partial charge is 0.289 e. The summed E-state index contributed by atoms with van der Waals surface area (Å²) in [5, 5.41) is 10.8. The van der Waals surface area contributed by atoms with E-state index in [-0.39, 0.29) is 5.57 Å². The van der Waals surface area contributed by atoms with Crippen LogP contribution in [0.3, 0.4) is 0 Å². The lowest BCUT2D eigenvalue weighted by Gasteiger charge is -2.22. The van der Waals surface area contributed by atoms with E-state index >= 15 is 0 Å². The Kier molecular flexibility index (Phi) is 4.70. The molecule has 0 radical (unpaired) electrons. The van der Waals surface area contributed by atoms with Crippen molar-refractivity contribution in [1.29, 1.82) is 0 Å². The molecular formula is C18H13Cl2NO4. The number of aliphatic hydroxyl groups excluding tert-OH is 1. The molecule has 2 aromatic rings. The molecule has 1 aromatic carbocycles. The lowest BCUT2D eigenvalue weighted by molar-refractivity contribution is -0.128. The number of allylic oxidation sites excluding steroid dienone is 1. The van der Waals surface area contributed by atoms with E-state index in [1.165, 1.54) is 30.4 Å². The molecule has 5 nitrogen and oxygen atoms in total. The number of likely N-dealkylation sites (N-methyl/N-ethyl adjacent to an activating group) is 1. The largest absolute Gasteiger partial charge is 0.503 e. The molecule has 1 atom stereocenters. The number of halogens is 2. The Morgan fingerprint density at radius 2 is 2.04 bits per heavy atom. The standard InChI is InChI=1S/C18H13Cl2NO4/c1-21-16(10-4-6-12(19)13(20)9-10)15(17(23)18(21)24)14(22)7-5-11-3-2-8-25-11/h2-9,16,23H,1H3/b7-5+. The van der Waals surface area contributed by atoms with E-state index in [0.29, 0.717) is 21.4 Å². The topological polar surface area (TPSA) is 70.8 Å². The Labute approximate surface area is 153 Å². The predicted molar refractivity (Wildman–Crippen MR) is 94.4 cm³/mol. The molecule has 0 aliphatic carbocycles. The summed E-state index contributed by atoms with van der Waals surface area (Å²) >= 11 is 12.0. The first-order valence-electron chi connectivity index (χ1n) is 7.31. The second-order valence-electron chi connectivity index (χ2n) is 5.47. The van der Waals surface area contributed by atoms with Crippen molar-refractivity contribution in [3.8, 4) is 0 Å². The highest BCUT2D eigenvalue weighted by Crippen LogP contribution is 2.38. The second-order valence-corrected chi connectivity index (χ2v) is 6.28. The molecule has 7 heteroatoms. The number of furan rings is 1. The van der Waals surface area contributed by atoms with Gasteiger partial charge in [-0.1, -0.05) is 29.3 Å². The third kappa shape index (κ3) is 3.21. The molecular weight excluding hydrogens is 365 g/mol. The third-order valence-corrected chi connectivity index (χ3v) is 4.64. The molecule has 3 rings (SSSR count). The molecule has 1 aromatic heterocycles. The van der Waals surface area contributed by atoms with E-state index in [2.05, 4.69) is 0 Å². The molecule has 1 aliphatic rings.